The lowest BCUT2D eigenvalue weighted by Crippen LogP contribution is -2.40. The number of nitrogens with zero attached hydrogens (tertiary/aromatic N) is 4. The van der Waals surface area contributed by atoms with Crippen molar-refractivity contribution in [1.82, 2.24) is 24.8 Å². The van der Waals surface area contributed by atoms with Crippen molar-refractivity contribution in [1.29, 1.82) is 0 Å². The van der Waals surface area contributed by atoms with Crippen molar-refractivity contribution in [2.24, 2.45) is 0 Å². The lowest BCUT2D eigenvalue weighted by molar-refractivity contribution is 0.0654. The number of hydrogen-bond donors (Lipinski definition) is 1. The van der Waals surface area contributed by atoms with Gasteiger partial charge in [0, 0.05) is 24.1 Å². The summed E-state index contributed by atoms with van der Waals surface area (Å²) in [6.45, 7) is 6.38. The van der Waals surface area contributed by atoms with Gasteiger partial charge in [-0.15, -0.1) is 11.3 Å². The van der Waals surface area contributed by atoms with Crippen molar-refractivity contribution < 1.29 is 13.6 Å². The normalized spacial score (nSPS) is 16.8. The van der Waals surface area contributed by atoms with E-state index in [1.165, 1.54) is 23.6 Å². The molecule has 0 saturated heterocycles. The fourth-order valence-corrected chi connectivity index (χ4v) is 4.75. The summed E-state index contributed by atoms with van der Waals surface area (Å²) >= 11 is 1.37. The Morgan fingerprint density at radius 1 is 1.33 bits per heavy atom. The smallest absolute Gasteiger partial charge is 0.292 e. The minimum Gasteiger partial charge on any atom is -0.435 e. The molecule has 4 aromatic rings. The van der Waals surface area contributed by atoms with Gasteiger partial charge >= 0.3 is 0 Å². The summed E-state index contributed by atoms with van der Waals surface area (Å²) in [6, 6.07) is 4.35. The molecule has 1 N–H and O–H groups in total. The van der Waals surface area contributed by atoms with Crippen LogP contribution in [0.25, 0.3) is 10.2 Å². The maximum Gasteiger partial charge on any atom is 0.292 e. The number of oxazole rings is 1. The Labute approximate surface area is 176 Å². The van der Waals surface area contributed by atoms with Crippen molar-refractivity contribution in [2.75, 3.05) is 6.54 Å². The highest BCUT2D eigenvalue weighted by atomic mass is 32.1. The van der Waals surface area contributed by atoms with Gasteiger partial charge in [-0.1, -0.05) is 26.8 Å². The van der Waals surface area contributed by atoms with E-state index in [1.54, 1.807) is 17.3 Å². The molecule has 0 aliphatic carbocycles. The number of benzene rings is 1. The van der Waals surface area contributed by atoms with E-state index in [9.17, 15) is 9.18 Å². The van der Waals surface area contributed by atoms with Crippen LogP contribution in [0.1, 0.15) is 59.7 Å². The molecule has 7 nitrogen and oxygen atoms in total. The van der Waals surface area contributed by atoms with E-state index in [-0.39, 0.29) is 22.9 Å². The molecule has 9 heteroatoms. The lowest BCUT2D eigenvalue weighted by atomic mass is 9.97. The molecule has 0 unspecified atom stereocenters. The Kier molecular flexibility index (Phi) is 4.25. The first-order valence-corrected chi connectivity index (χ1v) is 10.5. The number of aromatic amines is 1. The second-order valence-electron chi connectivity index (χ2n) is 8.34. The molecule has 0 fully saturated rings. The monoisotopic (exact) mass is 425 g/mol. The standard InChI is InChI=1S/C21H20FN5O2S/c1-21(2,3)20-23-9-13(29-20)19(28)27-8-7-12-16(25-10-24-12)17(27)18-26-15-11(22)5-4-6-14(15)30-18/h4-6,9-10,17H,7-8H2,1-3H3,(H,24,25)/t17-/m0/s1. The fraction of sp³-hybridized carbons (Fsp3) is 0.333. The van der Waals surface area contributed by atoms with Crippen LogP contribution in [0.15, 0.2) is 35.1 Å². The average Bonchev–Trinajstić information content (AvgIpc) is 3.44. The number of nitrogens with one attached hydrogen (secondary N) is 1. The van der Waals surface area contributed by atoms with Crippen LogP contribution >= 0.6 is 11.3 Å². The van der Waals surface area contributed by atoms with Crippen LogP contribution < -0.4 is 0 Å². The lowest BCUT2D eigenvalue weighted by Gasteiger charge is -2.33. The number of rotatable bonds is 2. The molecule has 0 saturated carbocycles. The Morgan fingerprint density at radius 2 is 2.17 bits per heavy atom. The number of carbonyl (C=O) groups is 1. The Hall–Kier alpha value is -3.07. The molecule has 0 spiro atoms. The minimum absolute atomic E-state index is 0.177. The third-order valence-electron chi connectivity index (χ3n) is 5.16. The molecule has 3 aromatic heterocycles. The molecule has 1 aliphatic rings. The number of fused-ring (bicyclic) bond motifs is 2. The maximum absolute atomic E-state index is 14.3. The van der Waals surface area contributed by atoms with Crippen LogP contribution in [-0.4, -0.2) is 37.3 Å². The van der Waals surface area contributed by atoms with Crippen LogP contribution in [0.3, 0.4) is 0 Å². The summed E-state index contributed by atoms with van der Waals surface area (Å²) in [5, 5.41) is 0.618. The zero-order chi connectivity index (χ0) is 21.0. The van der Waals surface area contributed by atoms with Crippen molar-refractivity contribution in [3.8, 4) is 0 Å². The number of imidazole rings is 1. The number of para-hydroxylation sites is 1. The summed E-state index contributed by atoms with van der Waals surface area (Å²) < 4.78 is 20.8. The van der Waals surface area contributed by atoms with E-state index < -0.39 is 6.04 Å². The number of H-pyrrole nitrogens is 1. The van der Waals surface area contributed by atoms with Crippen molar-refractivity contribution >= 4 is 27.5 Å². The van der Waals surface area contributed by atoms with E-state index in [0.717, 1.165) is 16.1 Å². The summed E-state index contributed by atoms with van der Waals surface area (Å²) in [6.07, 6.45) is 3.72. The molecule has 4 heterocycles. The van der Waals surface area contributed by atoms with Gasteiger partial charge in [0.2, 0.25) is 11.7 Å². The highest BCUT2D eigenvalue weighted by Gasteiger charge is 2.38. The first-order chi connectivity index (χ1) is 14.3. The molecule has 1 aliphatic heterocycles. The molecule has 1 amide bonds. The largest absolute Gasteiger partial charge is 0.435 e. The third kappa shape index (κ3) is 3.00. The zero-order valence-corrected chi connectivity index (χ0v) is 17.6. The van der Waals surface area contributed by atoms with Crippen LogP contribution in [0.5, 0.6) is 0 Å². The van der Waals surface area contributed by atoms with Gasteiger partial charge in [0.15, 0.2) is 0 Å². The number of thiazole rings is 1. The van der Waals surface area contributed by atoms with Crippen LogP contribution in [0.4, 0.5) is 4.39 Å². The average molecular weight is 425 g/mol. The van der Waals surface area contributed by atoms with Gasteiger partial charge in [-0.25, -0.2) is 19.3 Å². The molecule has 5 rings (SSSR count). The Bertz CT molecular complexity index is 1250. The van der Waals surface area contributed by atoms with Gasteiger partial charge in [-0.05, 0) is 12.1 Å². The van der Waals surface area contributed by atoms with Gasteiger partial charge in [0.1, 0.15) is 22.4 Å². The minimum atomic E-state index is -0.521. The van der Waals surface area contributed by atoms with Gasteiger partial charge in [-0.2, -0.15) is 0 Å². The molecule has 30 heavy (non-hydrogen) atoms. The van der Waals surface area contributed by atoms with Gasteiger partial charge in [0.05, 0.1) is 22.9 Å². The number of carbonyl (C=O) groups excluding carboxylic acids is 1. The summed E-state index contributed by atoms with van der Waals surface area (Å²) in [4.78, 5) is 31.5. The molecule has 1 aromatic carbocycles. The maximum atomic E-state index is 14.3. The Morgan fingerprint density at radius 3 is 2.90 bits per heavy atom. The first-order valence-electron chi connectivity index (χ1n) is 9.67. The quantitative estimate of drug-likeness (QED) is 0.519. The van der Waals surface area contributed by atoms with E-state index >= 15 is 0 Å². The Balaban J connectivity index is 1.59. The number of halogens is 1. The number of hydrogen-bond acceptors (Lipinski definition) is 6. The van der Waals surface area contributed by atoms with Crippen molar-refractivity contribution in [3.63, 3.8) is 0 Å². The number of amides is 1. The third-order valence-corrected chi connectivity index (χ3v) is 6.24. The van der Waals surface area contributed by atoms with Crippen molar-refractivity contribution in [2.45, 2.75) is 38.6 Å². The predicted molar refractivity (Wildman–Crippen MR) is 110 cm³/mol. The highest BCUT2D eigenvalue weighted by molar-refractivity contribution is 7.18. The van der Waals surface area contributed by atoms with Crippen LogP contribution in [-0.2, 0) is 11.8 Å². The van der Waals surface area contributed by atoms with Gasteiger partial charge < -0.3 is 14.3 Å². The summed E-state index contributed by atoms with van der Waals surface area (Å²) in [5.74, 6) is 0.0190. The second kappa shape index (κ2) is 6.73. The molecule has 154 valence electrons. The molecule has 0 radical (unpaired) electrons. The van der Waals surface area contributed by atoms with Gasteiger partial charge in [-0.3, -0.25) is 4.79 Å². The van der Waals surface area contributed by atoms with E-state index in [1.807, 2.05) is 26.8 Å². The summed E-state index contributed by atoms with van der Waals surface area (Å²) in [7, 11) is 0. The van der Waals surface area contributed by atoms with E-state index in [0.29, 0.717) is 29.4 Å². The van der Waals surface area contributed by atoms with Gasteiger partial charge in [0.25, 0.3) is 5.91 Å². The second-order valence-corrected chi connectivity index (χ2v) is 9.40. The molecule has 1 atom stereocenters. The molecule has 0 bridgehead atoms. The van der Waals surface area contributed by atoms with Crippen molar-refractivity contribution in [3.05, 3.63) is 64.6 Å². The van der Waals surface area contributed by atoms with E-state index in [4.69, 9.17) is 4.42 Å². The SMILES string of the molecule is CC(C)(C)c1ncc(C(=O)N2CCc3[nH]cnc3[C@H]2c2nc3c(F)cccc3s2)o1. The topological polar surface area (TPSA) is 87.9 Å². The highest BCUT2D eigenvalue weighted by Crippen LogP contribution is 2.38. The number of aromatic nitrogens is 4. The van der Waals surface area contributed by atoms with Crippen LogP contribution in [0.2, 0.25) is 0 Å². The van der Waals surface area contributed by atoms with Crippen LogP contribution in [0, 0.1) is 5.82 Å². The summed E-state index contributed by atoms with van der Waals surface area (Å²) in [5.41, 5.74) is 1.68. The predicted octanol–water partition coefficient (Wildman–Crippen LogP) is 4.23. The zero-order valence-electron chi connectivity index (χ0n) is 16.8. The fourth-order valence-electron chi connectivity index (χ4n) is 3.66. The molecular formula is C21H20FN5O2S. The first kappa shape index (κ1) is 18.9. The molecular weight excluding hydrogens is 405 g/mol. The van der Waals surface area contributed by atoms with E-state index in [2.05, 4.69) is 19.9 Å².